The molecule has 0 saturated carbocycles. The van der Waals surface area contributed by atoms with Gasteiger partial charge in [0, 0.05) is 11.3 Å². The number of halogens is 1. The molecule has 0 spiro atoms. The fourth-order valence-corrected chi connectivity index (χ4v) is 2.72. The molecule has 2 aromatic carbocycles. The molecule has 1 atom stereocenters. The third-order valence-corrected chi connectivity index (χ3v) is 4.13. The van der Waals surface area contributed by atoms with Crippen molar-refractivity contribution in [3.8, 4) is 5.75 Å². The number of hydrogen-bond acceptors (Lipinski definition) is 5. The molecule has 1 aromatic heterocycles. The van der Waals surface area contributed by atoms with E-state index in [1.54, 1.807) is 37.6 Å². The minimum Gasteiger partial charge on any atom is -0.497 e. The zero-order chi connectivity index (χ0) is 19.2. The summed E-state index contributed by atoms with van der Waals surface area (Å²) >= 11 is 5.87. The molecule has 0 aliphatic heterocycles. The number of carbonyl (C=O) groups is 1. The number of amides is 1. The molecule has 0 radical (unpaired) electrons. The van der Waals surface area contributed by atoms with Crippen molar-refractivity contribution in [2.75, 3.05) is 17.7 Å². The molecule has 0 aliphatic carbocycles. The lowest BCUT2D eigenvalue weighted by atomic mass is 10.1. The number of benzene rings is 2. The Balaban J connectivity index is 1.72. The second kappa shape index (κ2) is 8.51. The molecule has 0 saturated heterocycles. The monoisotopic (exact) mass is 382 g/mol. The number of nitrogens with one attached hydrogen (secondary N) is 2. The van der Waals surface area contributed by atoms with Crippen LogP contribution >= 0.6 is 11.6 Å². The Kier molecular flexibility index (Phi) is 5.88. The summed E-state index contributed by atoms with van der Waals surface area (Å²) in [7, 11) is 1.57. The van der Waals surface area contributed by atoms with E-state index in [0.29, 0.717) is 28.0 Å². The van der Waals surface area contributed by atoms with Gasteiger partial charge in [-0.15, -0.1) is 0 Å². The van der Waals surface area contributed by atoms with Crippen LogP contribution in [0.25, 0.3) is 0 Å². The Bertz CT molecular complexity index is 949. The molecule has 0 bridgehead atoms. The maximum absolute atomic E-state index is 12.5. The smallest absolute Gasteiger partial charge is 0.255 e. The molecule has 6 nitrogen and oxygen atoms in total. The van der Waals surface area contributed by atoms with E-state index in [-0.39, 0.29) is 11.9 Å². The van der Waals surface area contributed by atoms with Crippen LogP contribution in [0, 0.1) is 0 Å². The largest absolute Gasteiger partial charge is 0.497 e. The predicted molar refractivity (Wildman–Crippen MR) is 106 cm³/mol. The number of rotatable bonds is 6. The van der Waals surface area contributed by atoms with Gasteiger partial charge in [0.2, 0.25) is 0 Å². The zero-order valence-corrected chi connectivity index (χ0v) is 15.7. The Morgan fingerprint density at radius 3 is 2.74 bits per heavy atom. The number of aromatic nitrogens is 2. The van der Waals surface area contributed by atoms with Crippen molar-refractivity contribution in [3.63, 3.8) is 0 Å². The van der Waals surface area contributed by atoms with E-state index in [9.17, 15) is 4.79 Å². The molecule has 0 aliphatic rings. The Labute approximate surface area is 162 Å². The fraction of sp³-hybridized carbons (Fsp3) is 0.150. The van der Waals surface area contributed by atoms with Gasteiger partial charge in [-0.1, -0.05) is 29.8 Å². The molecule has 3 rings (SSSR count). The standard InChI is InChI=1S/C20H19ClN4O2/c1-13(23-19-12-22-11-18(21)25-19)14-5-3-7-16(9-14)24-20(26)15-6-4-8-17(10-15)27-2/h3-13H,1-2H3,(H,23,25)(H,24,26)/t13-/m0/s1. The van der Waals surface area contributed by atoms with E-state index in [2.05, 4.69) is 20.6 Å². The van der Waals surface area contributed by atoms with Crippen LogP contribution in [0.4, 0.5) is 11.5 Å². The first-order valence-electron chi connectivity index (χ1n) is 8.34. The Morgan fingerprint density at radius 1 is 1.15 bits per heavy atom. The second-order valence-corrected chi connectivity index (χ2v) is 6.29. The summed E-state index contributed by atoms with van der Waals surface area (Å²) < 4.78 is 5.16. The van der Waals surface area contributed by atoms with E-state index in [1.165, 1.54) is 6.20 Å². The number of carbonyl (C=O) groups excluding carboxylic acids is 1. The van der Waals surface area contributed by atoms with E-state index in [0.717, 1.165) is 5.56 Å². The summed E-state index contributed by atoms with van der Waals surface area (Å²) in [6, 6.07) is 14.6. The maximum atomic E-state index is 12.5. The van der Waals surface area contributed by atoms with Crippen molar-refractivity contribution in [1.82, 2.24) is 9.97 Å². The number of anilines is 2. The maximum Gasteiger partial charge on any atom is 0.255 e. The second-order valence-electron chi connectivity index (χ2n) is 5.90. The Hall–Kier alpha value is -3.12. The molecule has 2 N–H and O–H groups in total. The lowest BCUT2D eigenvalue weighted by Gasteiger charge is -2.16. The number of nitrogens with zero attached hydrogens (tertiary/aromatic N) is 2. The van der Waals surface area contributed by atoms with Gasteiger partial charge < -0.3 is 15.4 Å². The SMILES string of the molecule is COc1cccc(C(=O)Nc2cccc([C@H](C)Nc3cncc(Cl)n3)c2)c1. The van der Waals surface area contributed by atoms with Crippen LogP contribution < -0.4 is 15.4 Å². The summed E-state index contributed by atoms with van der Waals surface area (Å²) in [5, 5.41) is 6.47. The van der Waals surface area contributed by atoms with Crippen molar-refractivity contribution < 1.29 is 9.53 Å². The van der Waals surface area contributed by atoms with E-state index in [1.807, 2.05) is 31.2 Å². The van der Waals surface area contributed by atoms with Crippen LogP contribution in [0.3, 0.4) is 0 Å². The van der Waals surface area contributed by atoms with E-state index < -0.39 is 0 Å². The molecule has 1 amide bonds. The highest BCUT2D eigenvalue weighted by Crippen LogP contribution is 2.22. The minimum absolute atomic E-state index is 0.0496. The summed E-state index contributed by atoms with van der Waals surface area (Å²) in [5.74, 6) is 1.02. The lowest BCUT2D eigenvalue weighted by Crippen LogP contribution is -2.13. The first-order valence-corrected chi connectivity index (χ1v) is 8.72. The first-order chi connectivity index (χ1) is 13.0. The van der Waals surface area contributed by atoms with Crippen LogP contribution in [0.15, 0.2) is 60.9 Å². The van der Waals surface area contributed by atoms with Crippen LogP contribution in [-0.2, 0) is 0 Å². The highest BCUT2D eigenvalue weighted by Gasteiger charge is 2.10. The predicted octanol–water partition coefficient (Wildman–Crippen LogP) is 4.56. The molecule has 3 aromatic rings. The zero-order valence-electron chi connectivity index (χ0n) is 14.9. The van der Waals surface area contributed by atoms with E-state index in [4.69, 9.17) is 16.3 Å². The van der Waals surface area contributed by atoms with Gasteiger partial charge in [-0.2, -0.15) is 0 Å². The van der Waals surface area contributed by atoms with Crippen LogP contribution in [0.2, 0.25) is 5.15 Å². The number of methoxy groups -OCH3 is 1. The first kappa shape index (κ1) is 18.7. The van der Waals surface area contributed by atoms with Crippen molar-refractivity contribution in [3.05, 3.63) is 77.2 Å². The molecule has 7 heteroatoms. The van der Waals surface area contributed by atoms with Gasteiger partial charge in [0.05, 0.1) is 25.5 Å². The number of hydrogen-bond donors (Lipinski definition) is 2. The van der Waals surface area contributed by atoms with Gasteiger partial charge >= 0.3 is 0 Å². The minimum atomic E-state index is -0.202. The Morgan fingerprint density at radius 2 is 1.96 bits per heavy atom. The summed E-state index contributed by atoms with van der Waals surface area (Å²) in [6.45, 7) is 1.99. The van der Waals surface area contributed by atoms with Gasteiger partial charge in [0.1, 0.15) is 16.7 Å². The fourth-order valence-electron chi connectivity index (χ4n) is 2.57. The topological polar surface area (TPSA) is 76.1 Å². The van der Waals surface area contributed by atoms with Crippen molar-refractivity contribution in [2.45, 2.75) is 13.0 Å². The van der Waals surface area contributed by atoms with Gasteiger partial charge in [0.15, 0.2) is 0 Å². The normalized spacial score (nSPS) is 11.5. The van der Waals surface area contributed by atoms with Crippen molar-refractivity contribution >= 4 is 29.0 Å². The van der Waals surface area contributed by atoms with Crippen LogP contribution in [0.1, 0.15) is 28.9 Å². The number of ether oxygens (including phenoxy) is 1. The van der Waals surface area contributed by atoms with Crippen LogP contribution in [0.5, 0.6) is 5.75 Å². The molecular formula is C20H19ClN4O2. The summed E-state index contributed by atoms with van der Waals surface area (Å²) in [5.41, 5.74) is 2.21. The third-order valence-electron chi connectivity index (χ3n) is 3.95. The highest BCUT2D eigenvalue weighted by atomic mass is 35.5. The molecule has 1 heterocycles. The summed E-state index contributed by atoms with van der Waals surface area (Å²) in [4.78, 5) is 20.7. The van der Waals surface area contributed by atoms with Gasteiger partial charge in [-0.05, 0) is 42.8 Å². The van der Waals surface area contributed by atoms with Gasteiger partial charge in [-0.25, -0.2) is 4.98 Å². The van der Waals surface area contributed by atoms with Gasteiger partial charge in [-0.3, -0.25) is 9.78 Å². The quantitative estimate of drug-likeness (QED) is 0.653. The van der Waals surface area contributed by atoms with Crippen molar-refractivity contribution in [1.29, 1.82) is 0 Å². The molecule has 0 fully saturated rings. The molecule has 27 heavy (non-hydrogen) atoms. The third kappa shape index (κ3) is 4.95. The van der Waals surface area contributed by atoms with Crippen molar-refractivity contribution in [2.24, 2.45) is 0 Å². The lowest BCUT2D eigenvalue weighted by molar-refractivity contribution is 0.102. The molecule has 138 valence electrons. The van der Waals surface area contributed by atoms with Gasteiger partial charge in [0.25, 0.3) is 5.91 Å². The average Bonchev–Trinajstić information content (AvgIpc) is 2.68. The average molecular weight is 383 g/mol. The van der Waals surface area contributed by atoms with Crippen LogP contribution in [-0.4, -0.2) is 23.0 Å². The van der Waals surface area contributed by atoms with E-state index >= 15 is 0 Å². The molecule has 0 unspecified atom stereocenters. The molecular weight excluding hydrogens is 364 g/mol. The highest BCUT2D eigenvalue weighted by molar-refractivity contribution is 6.29. The summed E-state index contributed by atoms with van der Waals surface area (Å²) in [6.07, 6.45) is 3.09.